The lowest BCUT2D eigenvalue weighted by atomic mass is 10.1. The Hall–Kier alpha value is -5.22. The predicted octanol–water partition coefficient (Wildman–Crippen LogP) is 3.95. The lowest BCUT2D eigenvalue weighted by molar-refractivity contribution is -0.138. The Morgan fingerprint density at radius 3 is 1.38 bits per heavy atom. The van der Waals surface area contributed by atoms with E-state index < -0.39 is 29.7 Å². The van der Waals surface area contributed by atoms with Gasteiger partial charge in [0.2, 0.25) is 0 Å². The number of ether oxygens (including phenoxy) is 2. The molecule has 198 valence electrons. The number of rotatable bonds is 9. The fourth-order valence-electron chi connectivity index (χ4n) is 3.88. The highest BCUT2D eigenvalue weighted by Gasteiger charge is 2.46. The lowest BCUT2D eigenvalue weighted by Crippen LogP contribution is -2.41. The van der Waals surface area contributed by atoms with Crippen molar-refractivity contribution in [2.24, 2.45) is 5.92 Å². The van der Waals surface area contributed by atoms with Gasteiger partial charge in [0, 0.05) is 0 Å². The molecule has 0 spiro atoms. The largest absolute Gasteiger partial charge is 0.462 e. The first-order valence-corrected chi connectivity index (χ1v) is 12.2. The number of hydrazine groups is 1. The van der Waals surface area contributed by atoms with Crippen molar-refractivity contribution in [3.63, 3.8) is 0 Å². The first-order valence-electron chi connectivity index (χ1n) is 12.2. The minimum absolute atomic E-state index is 0.137. The molecule has 0 bridgehead atoms. The van der Waals surface area contributed by atoms with Crippen LogP contribution in [-0.4, -0.2) is 37.0 Å². The van der Waals surface area contributed by atoms with Gasteiger partial charge in [-0.15, -0.1) is 0 Å². The molecule has 0 N–H and O–H groups in total. The third-order valence-corrected chi connectivity index (χ3v) is 5.75. The molecule has 1 saturated heterocycles. The van der Waals surface area contributed by atoms with Crippen LogP contribution in [0.5, 0.6) is 0 Å². The molecule has 0 unspecified atom stereocenters. The highest BCUT2D eigenvalue weighted by Crippen LogP contribution is 2.33. The number of nitriles is 2. The van der Waals surface area contributed by atoms with Gasteiger partial charge in [0.05, 0.1) is 24.6 Å². The number of anilines is 2. The highest BCUT2D eigenvalue weighted by molar-refractivity contribution is 6.23. The SMILES string of the molecule is CCOC(=O)/C(C#N)=C/c1ccc(N2C(=O)C(CC)C(=O)N2c2ccc(/C=C(\C#N)C(=O)OCC)cc2)cc1. The lowest BCUT2D eigenvalue weighted by Gasteiger charge is -2.28. The van der Waals surface area contributed by atoms with Crippen LogP contribution in [0.25, 0.3) is 12.2 Å². The van der Waals surface area contributed by atoms with Gasteiger partial charge in [-0.2, -0.15) is 10.5 Å². The third kappa shape index (κ3) is 6.20. The monoisotopic (exact) mass is 526 g/mol. The molecule has 1 aliphatic heterocycles. The topological polar surface area (TPSA) is 141 Å². The molecule has 0 saturated carbocycles. The summed E-state index contributed by atoms with van der Waals surface area (Å²) in [6, 6.07) is 16.5. The second-order valence-electron chi connectivity index (χ2n) is 8.22. The maximum Gasteiger partial charge on any atom is 0.348 e. The third-order valence-electron chi connectivity index (χ3n) is 5.75. The minimum Gasteiger partial charge on any atom is -0.462 e. The van der Waals surface area contributed by atoms with Gasteiger partial charge in [-0.3, -0.25) is 9.59 Å². The summed E-state index contributed by atoms with van der Waals surface area (Å²) < 4.78 is 9.75. The molecule has 1 heterocycles. The Morgan fingerprint density at radius 2 is 1.10 bits per heavy atom. The van der Waals surface area contributed by atoms with Gasteiger partial charge in [-0.05, 0) is 67.8 Å². The Kier molecular flexibility index (Phi) is 9.33. The summed E-state index contributed by atoms with van der Waals surface area (Å²) in [6.07, 6.45) is 3.06. The maximum atomic E-state index is 13.2. The van der Waals surface area contributed by atoms with E-state index in [9.17, 15) is 29.7 Å². The average molecular weight is 527 g/mol. The van der Waals surface area contributed by atoms with E-state index in [2.05, 4.69) is 0 Å². The van der Waals surface area contributed by atoms with Crippen LogP contribution in [0.2, 0.25) is 0 Å². The molecule has 0 aromatic heterocycles. The number of hydrogen-bond acceptors (Lipinski definition) is 8. The second kappa shape index (κ2) is 12.8. The van der Waals surface area contributed by atoms with Crippen molar-refractivity contribution in [3.05, 3.63) is 70.8 Å². The van der Waals surface area contributed by atoms with Crippen molar-refractivity contribution in [1.29, 1.82) is 10.5 Å². The van der Waals surface area contributed by atoms with Crippen LogP contribution in [0.4, 0.5) is 11.4 Å². The molecule has 10 heteroatoms. The number of nitrogens with zero attached hydrogens (tertiary/aromatic N) is 4. The molecule has 1 fully saturated rings. The maximum absolute atomic E-state index is 13.2. The van der Waals surface area contributed by atoms with Gasteiger partial charge < -0.3 is 9.47 Å². The van der Waals surface area contributed by atoms with Crippen LogP contribution >= 0.6 is 0 Å². The normalized spacial score (nSPS) is 15.6. The van der Waals surface area contributed by atoms with Crippen molar-refractivity contribution in [2.45, 2.75) is 27.2 Å². The number of esters is 2. The van der Waals surface area contributed by atoms with Crippen molar-refractivity contribution in [1.82, 2.24) is 0 Å². The van der Waals surface area contributed by atoms with Crippen molar-refractivity contribution >= 4 is 47.3 Å². The van der Waals surface area contributed by atoms with Gasteiger partial charge in [0.25, 0.3) is 11.8 Å². The number of carbonyl (C=O) groups excluding carboxylic acids is 4. The molecule has 10 nitrogen and oxygen atoms in total. The van der Waals surface area contributed by atoms with Crippen molar-refractivity contribution in [2.75, 3.05) is 23.2 Å². The molecule has 3 rings (SSSR count). The van der Waals surface area contributed by atoms with Crippen molar-refractivity contribution < 1.29 is 28.7 Å². The standard InChI is InChI=1S/C29H26N4O6/c1-4-25-26(34)32(23-11-7-19(8-12-23)15-21(17-30)28(36)38-5-2)33(27(25)35)24-13-9-20(10-14-24)16-22(18-31)29(37)39-6-3/h7-16,25H,4-6H2,1-3H3/b21-15+,22-16+. The van der Waals surface area contributed by atoms with Crippen molar-refractivity contribution in [3.8, 4) is 12.1 Å². The Labute approximate surface area is 225 Å². The number of hydrogen-bond donors (Lipinski definition) is 0. The molecule has 0 atom stereocenters. The number of amides is 2. The van der Waals surface area contributed by atoms with Crippen LogP contribution in [0, 0.1) is 28.6 Å². The van der Waals surface area contributed by atoms with E-state index >= 15 is 0 Å². The molecule has 39 heavy (non-hydrogen) atoms. The molecule has 2 amide bonds. The first-order chi connectivity index (χ1) is 18.8. The molecule has 0 radical (unpaired) electrons. The zero-order valence-corrected chi connectivity index (χ0v) is 21.7. The number of carbonyl (C=O) groups is 4. The summed E-state index contributed by atoms with van der Waals surface area (Å²) in [6.45, 7) is 5.31. The van der Waals surface area contributed by atoms with E-state index in [0.717, 1.165) is 0 Å². The van der Waals surface area contributed by atoms with E-state index in [1.165, 1.54) is 22.2 Å². The second-order valence-corrected chi connectivity index (χ2v) is 8.22. The van der Waals surface area contributed by atoms with Crippen LogP contribution < -0.4 is 10.0 Å². The summed E-state index contributed by atoms with van der Waals surface area (Å²) in [5.41, 5.74) is 1.56. The number of benzene rings is 2. The highest BCUT2D eigenvalue weighted by atomic mass is 16.5. The zero-order chi connectivity index (χ0) is 28.5. The minimum atomic E-state index is -0.868. The van der Waals surface area contributed by atoms with Crippen LogP contribution in [-0.2, 0) is 28.7 Å². The van der Waals surface area contributed by atoms with Gasteiger partial charge in [-0.25, -0.2) is 19.6 Å². The quantitative estimate of drug-likeness (QED) is 0.207. The van der Waals surface area contributed by atoms with Crippen LogP contribution in [0.1, 0.15) is 38.3 Å². The summed E-state index contributed by atoms with van der Waals surface area (Å²) in [4.78, 5) is 50.3. The Bertz CT molecular complexity index is 1300. The summed E-state index contributed by atoms with van der Waals surface area (Å²) in [5, 5.41) is 21.1. The molecule has 2 aromatic carbocycles. The summed E-state index contributed by atoms with van der Waals surface area (Å²) in [7, 11) is 0. The Morgan fingerprint density at radius 1 is 0.744 bits per heavy atom. The van der Waals surface area contributed by atoms with Gasteiger partial charge in [0.1, 0.15) is 29.2 Å². The van der Waals surface area contributed by atoms with E-state index in [-0.39, 0.29) is 24.4 Å². The average Bonchev–Trinajstić information content (AvgIpc) is 3.19. The van der Waals surface area contributed by atoms with Gasteiger partial charge in [-0.1, -0.05) is 31.2 Å². The molecule has 0 aliphatic carbocycles. The van der Waals surface area contributed by atoms with Crippen LogP contribution in [0.3, 0.4) is 0 Å². The van der Waals surface area contributed by atoms with Crippen LogP contribution in [0.15, 0.2) is 59.7 Å². The van der Waals surface area contributed by atoms with E-state index in [1.54, 1.807) is 69.3 Å². The first kappa shape index (κ1) is 28.4. The van der Waals surface area contributed by atoms with E-state index in [0.29, 0.717) is 28.9 Å². The molecular weight excluding hydrogens is 500 g/mol. The zero-order valence-electron chi connectivity index (χ0n) is 21.7. The van der Waals surface area contributed by atoms with E-state index in [4.69, 9.17) is 9.47 Å². The summed E-state index contributed by atoms with van der Waals surface area (Å²) in [5.74, 6) is -3.12. The fraction of sp³-hybridized carbons (Fsp3) is 0.241. The smallest absolute Gasteiger partial charge is 0.348 e. The van der Waals surface area contributed by atoms with Gasteiger partial charge in [0.15, 0.2) is 0 Å². The van der Waals surface area contributed by atoms with E-state index in [1.807, 2.05) is 12.1 Å². The predicted molar refractivity (Wildman–Crippen MR) is 142 cm³/mol. The van der Waals surface area contributed by atoms with Gasteiger partial charge >= 0.3 is 11.9 Å². The molecular formula is C29H26N4O6. The molecule has 1 aliphatic rings. The molecule has 2 aromatic rings. The Balaban J connectivity index is 1.95. The summed E-state index contributed by atoms with van der Waals surface area (Å²) >= 11 is 0. The fourth-order valence-corrected chi connectivity index (χ4v) is 3.88.